The fourth-order valence-corrected chi connectivity index (χ4v) is 5.53. The van der Waals surface area contributed by atoms with Gasteiger partial charge in [-0.3, -0.25) is 15.0 Å². The van der Waals surface area contributed by atoms with Crippen molar-refractivity contribution < 1.29 is 13.2 Å². The molecule has 3 aromatic heterocycles. The van der Waals surface area contributed by atoms with E-state index >= 15 is 0 Å². The van der Waals surface area contributed by atoms with E-state index in [1.54, 1.807) is 29.4 Å². The molecule has 1 aliphatic rings. The van der Waals surface area contributed by atoms with Gasteiger partial charge < -0.3 is 4.98 Å². The number of aromatic nitrogens is 4. The predicted molar refractivity (Wildman–Crippen MR) is 147 cm³/mol. The minimum Gasteiger partial charge on any atom is -0.353 e. The van der Waals surface area contributed by atoms with Gasteiger partial charge in [0.1, 0.15) is 11.5 Å². The summed E-state index contributed by atoms with van der Waals surface area (Å²) in [6, 6.07) is 22.6. The molecule has 0 bridgehead atoms. The number of likely N-dealkylation sites (tertiary alicyclic amines) is 1. The summed E-state index contributed by atoms with van der Waals surface area (Å²) in [5.74, 6) is -2.89. The maximum atomic E-state index is 14.6. The summed E-state index contributed by atoms with van der Waals surface area (Å²) >= 11 is 0. The van der Waals surface area contributed by atoms with E-state index in [0.29, 0.717) is 18.7 Å². The number of rotatable bonds is 5. The van der Waals surface area contributed by atoms with Gasteiger partial charge in [-0.15, -0.1) is 0 Å². The molecule has 0 aliphatic carbocycles. The molecule has 0 saturated carbocycles. The lowest BCUT2D eigenvalue weighted by molar-refractivity contribution is 0.0115. The molecule has 0 unspecified atom stereocenters. The second-order valence-corrected chi connectivity index (χ2v) is 10.2. The summed E-state index contributed by atoms with van der Waals surface area (Å²) in [5.41, 5.74) is 7.46. The van der Waals surface area contributed by atoms with Crippen molar-refractivity contribution in [3.05, 3.63) is 96.6 Å². The molecular formula is C31H24F3N5. The standard InChI is InChI=1S/C31H24F3N5/c32-26-6-2-1-4-23(26)22-5-3-7-27-24(22)14-29(36-27)30-25-13-20(8-9-28(25)37-38-30)21-12-19(15-35-16-21)17-39-11-10-31(33,34)18-39/h1-9,12-16,36H,10-11,17-18H2,(H,37,38). The molecule has 3 aromatic carbocycles. The zero-order chi connectivity index (χ0) is 26.6. The van der Waals surface area contributed by atoms with E-state index in [1.165, 1.54) is 6.07 Å². The molecule has 39 heavy (non-hydrogen) atoms. The first kappa shape index (κ1) is 23.7. The molecule has 1 fully saturated rings. The van der Waals surface area contributed by atoms with Gasteiger partial charge in [-0.25, -0.2) is 13.2 Å². The molecule has 6 aromatic rings. The molecular weight excluding hydrogens is 499 g/mol. The van der Waals surface area contributed by atoms with E-state index in [0.717, 1.165) is 55.4 Å². The van der Waals surface area contributed by atoms with Crippen LogP contribution >= 0.6 is 0 Å². The Kier molecular flexibility index (Phi) is 5.52. The van der Waals surface area contributed by atoms with Gasteiger partial charge in [0.2, 0.25) is 0 Å². The predicted octanol–water partition coefficient (Wildman–Crippen LogP) is 7.42. The molecule has 5 nitrogen and oxygen atoms in total. The smallest absolute Gasteiger partial charge is 0.261 e. The third-order valence-electron chi connectivity index (χ3n) is 7.43. The van der Waals surface area contributed by atoms with Crippen LogP contribution in [-0.2, 0) is 6.54 Å². The third kappa shape index (κ3) is 4.36. The highest BCUT2D eigenvalue weighted by molar-refractivity contribution is 6.01. The van der Waals surface area contributed by atoms with Gasteiger partial charge in [0.25, 0.3) is 5.92 Å². The minimum atomic E-state index is -2.62. The van der Waals surface area contributed by atoms with E-state index in [9.17, 15) is 13.2 Å². The molecule has 0 amide bonds. The normalized spacial score (nSPS) is 15.5. The lowest BCUT2D eigenvalue weighted by Crippen LogP contribution is -2.24. The lowest BCUT2D eigenvalue weighted by Gasteiger charge is -2.15. The molecule has 1 aliphatic heterocycles. The van der Waals surface area contributed by atoms with Crippen LogP contribution in [0.2, 0.25) is 0 Å². The highest BCUT2D eigenvalue weighted by Gasteiger charge is 2.37. The second-order valence-electron chi connectivity index (χ2n) is 10.2. The van der Waals surface area contributed by atoms with Crippen LogP contribution < -0.4 is 0 Å². The lowest BCUT2D eigenvalue weighted by atomic mass is 10.0. The van der Waals surface area contributed by atoms with Crippen molar-refractivity contribution in [1.29, 1.82) is 0 Å². The first-order chi connectivity index (χ1) is 18.9. The minimum absolute atomic E-state index is 0.102. The highest BCUT2D eigenvalue weighted by atomic mass is 19.3. The van der Waals surface area contributed by atoms with Crippen molar-refractivity contribution in [2.24, 2.45) is 0 Å². The van der Waals surface area contributed by atoms with Crippen LogP contribution in [-0.4, -0.2) is 44.1 Å². The van der Waals surface area contributed by atoms with E-state index in [2.05, 4.69) is 26.2 Å². The fourth-order valence-electron chi connectivity index (χ4n) is 5.53. The average molecular weight is 524 g/mol. The molecule has 0 spiro atoms. The highest BCUT2D eigenvalue weighted by Crippen LogP contribution is 2.36. The van der Waals surface area contributed by atoms with Gasteiger partial charge in [0, 0.05) is 59.3 Å². The Bertz CT molecular complexity index is 1840. The van der Waals surface area contributed by atoms with Crippen molar-refractivity contribution >= 4 is 21.8 Å². The molecule has 7 rings (SSSR count). The number of nitrogens with one attached hydrogen (secondary N) is 2. The number of fused-ring (bicyclic) bond motifs is 2. The average Bonchev–Trinajstić information content (AvgIpc) is 3.64. The quantitative estimate of drug-likeness (QED) is 0.247. The van der Waals surface area contributed by atoms with Crippen molar-refractivity contribution in [1.82, 2.24) is 25.1 Å². The molecule has 194 valence electrons. The van der Waals surface area contributed by atoms with Crippen LogP contribution in [0.25, 0.3) is 55.4 Å². The maximum Gasteiger partial charge on any atom is 0.261 e. The Labute approximate surface area is 222 Å². The number of pyridine rings is 1. The van der Waals surface area contributed by atoms with Crippen molar-refractivity contribution in [2.75, 3.05) is 13.1 Å². The number of alkyl halides is 2. The number of aromatic amines is 2. The van der Waals surface area contributed by atoms with Gasteiger partial charge in [0.05, 0.1) is 17.8 Å². The van der Waals surface area contributed by atoms with E-state index in [4.69, 9.17) is 0 Å². The van der Waals surface area contributed by atoms with Gasteiger partial charge in [-0.05, 0) is 53.1 Å². The van der Waals surface area contributed by atoms with Crippen LogP contribution in [0.3, 0.4) is 0 Å². The first-order valence-electron chi connectivity index (χ1n) is 12.8. The summed E-state index contributed by atoms with van der Waals surface area (Å²) in [6.45, 7) is 0.602. The Hall–Kier alpha value is -4.43. The van der Waals surface area contributed by atoms with Gasteiger partial charge >= 0.3 is 0 Å². The van der Waals surface area contributed by atoms with Crippen LogP contribution in [0.15, 0.2) is 85.2 Å². The Balaban J connectivity index is 1.25. The van der Waals surface area contributed by atoms with Gasteiger partial charge in [-0.1, -0.05) is 36.4 Å². The molecule has 4 heterocycles. The number of hydrogen-bond acceptors (Lipinski definition) is 3. The number of hydrogen-bond donors (Lipinski definition) is 2. The summed E-state index contributed by atoms with van der Waals surface area (Å²) < 4.78 is 41.9. The fraction of sp³-hybridized carbons (Fsp3) is 0.161. The third-order valence-corrected chi connectivity index (χ3v) is 7.43. The van der Waals surface area contributed by atoms with Crippen LogP contribution in [0.5, 0.6) is 0 Å². The van der Waals surface area contributed by atoms with E-state index in [-0.39, 0.29) is 18.8 Å². The number of nitrogens with zero attached hydrogens (tertiary/aromatic N) is 3. The van der Waals surface area contributed by atoms with Crippen LogP contribution in [0.4, 0.5) is 13.2 Å². The second kappa shape index (κ2) is 9.10. The first-order valence-corrected chi connectivity index (χ1v) is 12.8. The Morgan fingerprint density at radius 3 is 2.56 bits per heavy atom. The van der Waals surface area contributed by atoms with Crippen molar-refractivity contribution in [3.8, 4) is 33.6 Å². The summed E-state index contributed by atoms with van der Waals surface area (Å²) in [4.78, 5) is 9.61. The molecule has 8 heteroatoms. The number of benzene rings is 3. The number of halogens is 3. The van der Waals surface area contributed by atoms with Gasteiger partial charge in [0.15, 0.2) is 0 Å². The summed E-state index contributed by atoms with van der Waals surface area (Å²) in [5, 5.41) is 9.54. The van der Waals surface area contributed by atoms with E-state index < -0.39 is 5.92 Å². The summed E-state index contributed by atoms with van der Waals surface area (Å²) in [7, 11) is 0. The zero-order valence-electron chi connectivity index (χ0n) is 20.9. The summed E-state index contributed by atoms with van der Waals surface area (Å²) in [6.07, 6.45) is 3.42. The van der Waals surface area contributed by atoms with Crippen molar-refractivity contribution in [2.45, 2.75) is 18.9 Å². The van der Waals surface area contributed by atoms with Crippen molar-refractivity contribution in [3.63, 3.8) is 0 Å². The molecule has 0 atom stereocenters. The Morgan fingerprint density at radius 1 is 0.846 bits per heavy atom. The van der Waals surface area contributed by atoms with E-state index in [1.807, 2.05) is 48.5 Å². The monoisotopic (exact) mass is 523 g/mol. The topological polar surface area (TPSA) is 60.6 Å². The zero-order valence-corrected chi connectivity index (χ0v) is 20.9. The number of H-pyrrole nitrogens is 2. The molecule has 1 saturated heterocycles. The molecule has 0 radical (unpaired) electrons. The Morgan fingerprint density at radius 2 is 1.72 bits per heavy atom. The maximum absolute atomic E-state index is 14.6. The van der Waals surface area contributed by atoms with Crippen LogP contribution in [0.1, 0.15) is 12.0 Å². The van der Waals surface area contributed by atoms with Crippen LogP contribution in [0, 0.1) is 5.82 Å². The molecule has 2 N–H and O–H groups in total. The largest absolute Gasteiger partial charge is 0.353 e. The van der Waals surface area contributed by atoms with Gasteiger partial charge in [-0.2, -0.15) is 5.10 Å². The SMILES string of the molecule is Fc1ccccc1-c1cccc2[nH]c(-c3n[nH]c4ccc(-c5cncc(CN6CCC(F)(F)C6)c5)cc34)cc12.